The SMILES string of the molecule is C=C(NCC)Nc1nc2c(-c3cc(OCCN(C)C)ccn3)cc(-c3cccnc3)cc2[nH]1. The Balaban J connectivity index is 1.76. The van der Waals surface area contributed by atoms with Gasteiger partial charge in [-0.3, -0.25) is 9.97 Å². The topological polar surface area (TPSA) is 91.0 Å². The Morgan fingerprint density at radius 3 is 2.79 bits per heavy atom. The van der Waals surface area contributed by atoms with Crippen molar-refractivity contribution in [2.45, 2.75) is 6.92 Å². The summed E-state index contributed by atoms with van der Waals surface area (Å²) in [6, 6.07) is 12.0. The highest BCUT2D eigenvalue weighted by Gasteiger charge is 2.15. The summed E-state index contributed by atoms with van der Waals surface area (Å²) in [6.45, 7) is 8.21. The van der Waals surface area contributed by atoms with E-state index < -0.39 is 0 Å². The Morgan fingerprint density at radius 2 is 2.03 bits per heavy atom. The Morgan fingerprint density at radius 1 is 1.15 bits per heavy atom. The van der Waals surface area contributed by atoms with Crippen LogP contribution in [0.3, 0.4) is 0 Å². The number of ether oxygens (including phenoxy) is 1. The maximum atomic E-state index is 5.94. The zero-order valence-electron chi connectivity index (χ0n) is 19.2. The first-order valence-corrected chi connectivity index (χ1v) is 10.9. The molecule has 4 aromatic rings. The van der Waals surface area contributed by atoms with Gasteiger partial charge in [-0.1, -0.05) is 12.6 Å². The monoisotopic (exact) mass is 443 g/mol. The van der Waals surface area contributed by atoms with E-state index in [1.807, 2.05) is 51.5 Å². The van der Waals surface area contributed by atoms with E-state index in [-0.39, 0.29) is 0 Å². The lowest BCUT2D eigenvalue weighted by Crippen LogP contribution is -2.19. The van der Waals surface area contributed by atoms with Crippen molar-refractivity contribution in [1.29, 1.82) is 0 Å². The van der Waals surface area contributed by atoms with Gasteiger partial charge in [0, 0.05) is 48.9 Å². The van der Waals surface area contributed by atoms with Gasteiger partial charge in [-0.25, -0.2) is 4.98 Å². The molecule has 170 valence electrons. The molecular weight excluding hydrogens is 414 g/mol. The molecule has 0 atom stereocenters. The third-order valence-corrected chi connectivity index (χ3v) is 5.06. The Bertz CT molecular complexity index is 1230. The molecule has 3 N–H and O–H groups in total. The van der Waals surface area contributed by atoms with E-state index in [1.165, 1.54) is 0 Å². The number of anilines is 1. The van der Waals surface area contributed by atoms with Crippen LogP contribution in [0.25, 0.3) is 33.4 Å². The molecular formula is C25H29N7O. The van der Waals surface area contributed by atoms with Crippen LogP contribution < -0.4 is 15.4 Å². The lowest BCUT2D eigenvalue weighted by atomic mass is 10.0. The minimum Gasteiger partial charge on any atom is -0.492 e. The van der Waals surface area contributed by atoms with Crippen molar-refractivity contribution in [2.75, 3.05) is 39.1 Å². The second kappa shape index (κ2) is 10.1. The van der Waals surface area contributed by atoms with Gasteiger partial charge >= 0.3 is 0 Å². The zero-order chi connectivity index (χ0) is 23.2. The summed E-state index contributed by atoms with van der Waals surface area (Å²) in [4.78, 5) is 19.1. The molecule has 0 spiro atoms. The second-order valence-electron chi connectivity index (χ2n) is 7.91. The molecule has 1 aromatic carbocycles. The highest BCUT2D eigenvalue weighted by molar-refractivity contribution is 5.96. The quantitative estimate of drug-likeness (QED) is 0.340. The van der Waals surface area contributed by atoms with Gasteiger partial charge in [0.15, 0.2) is 0 Å². The number of benzene rings is 1. The maximum Gasteiger partial charge on any atom is 0.206 e. The fourth-order valence-corrected chi connectivity index (χ4v) is 3.47. The van der Waals surface area contributed by atoms with Gasteiger partial charge in [0.1, 0.15) is 12.4 Å². The number of hydrogen-bond acceptors (Lipinski definition) is 7. The molecule has 0 aliphatic carbocycles. The summed E-state index contributed by atoms with van der Waals surface area (Å²) in [5.74, 6) is 2.06. The molecule has 0 saturated heterocycles. The lowest BCUT2D eigenvalue weighted by Gasteiger charge is -2.12. The van der Waals surface area contributed by atoms with E-state index >= 15 is 0 Å². The van der Waals surface area contributed by atoms with Gasteiger partial charge in [-0.2, -0.15) is 0 Å². The minimum atomic E-state index is 0.602. The molecule has 0 aliphatic rings. The molecule has 0 amide bonds. The first kappa shape index (κ1) is 22.3. The van der Waals surface area contributed by atoms with Crippen LogP contribution in [-0.4, -0.2) is 58.6 Å². The van der Waals surface area contributed by atoms with E-state index in [0.717, 1.165) is 52.3 Å². The van der Waals surface area contributed by atoms with Crippen molar-refractivity contribution in [3.63, 3.8) is 0 Å². The molecule has 8 heteroatoms. The van der Waals surface area contributed by atoms with Gasteiger partial charge in [0.25, 0.3) is 0 Å². The molecule has 0 fully saturated rings. The first-order valence-electron chi connectivity index (χ1n) is 10.9. The average molecular weight is 444 g/mol. The smallest absolute Gasteiger partial charge is 0.206 e. The average Bonchev–Trinajstić information content (AvgIpc) is 3.21. The number of nitrogens with one attached hydrogen (secondary N) is 3. The number of likely N-dealkylation sites (N-methyl/N-ethyl adjacent to an activating group) is 1. The number of H-pyrrole nitrogens is 1. The van der Waals surface area contributed by atoms with Crippen LogP contribution in [-0.2, 0) is 0 Å². The van der Waals surface area contributed by atoms with Crippen LogP contribution in [0.1, 0.15) is 6.92 Å². The van der Waals surface area contributed by atoms with Crippen molar-refractivity contribution in [3.05, 3.63) is 67.4 Å². The van der Waals surface area contributed by atoms with Gasteiger partial charge in [-0.15, -0.1) is 0 Å². The molecule has 0 bridgehead atoms. The fraction of sp³-hybridized carbons (Fsp3) is 0.240. The van der Waals surface area contributed by atoms with Crippen LogP contribution in [0.2, 0.25) is 0 Å². The summed E-state index contributed by atoms with van der Waals surface area (Å²) in [5, 5.41) is 6.34. The van der Waals surface area contributed by atoms with E-state index in [1.54, 1.807) is 12.4 Å². The molecule has 3 aromatic heterocycles. The molecule has 0 aliphatic heterocycles. The summed E-state index contributed by atoms with van der Waals surface area (Å²) >= 11 is 0. The van der Waals surface area contributed by atoms with Gasteiger partial charge < -0.3 is 25.3 Å². The highest BCUT2D eigenvalue weighted by Crippen LogP contribution is 2.34. The number of nitrogens with zero attached hydrogens (tertiary/aromatic N) is 4. The number of fused-ring (bicyclic) bond motifs is 1. The van der Waals surface area contributed by atoms with Gasteiger partial charge in [0.05, 0.1) is 22.5 Å². The molecule has 0 saturated carbocycles. The minimum absolute atomic E-state index is 0.602. The Labute approximate surface area is 193 Å². The zero-order valence-corrected chi connectivity index (χ0v) is 19.2. The predicted molar refractivity (Wildman–Crippen MR) is 133 cm³/mol. The van der Waals surface area contributed by atoms with Gasteiger partial charge in [0.2, 0.25) is 5.95 Å². The molecule has 4 rings (SSSR count). The van der Waals surface area contributed by atoms with Crippen molar-refractivity contribution >= 4 is 17.0 Å². The Kier molecular flexibility index (Phi) is 6.85. The lowest BCUT2D eigenvalue weighted by molar-refractivity contribution is 0.261. The van der Waals surface area contributed by atoms with E-state index in [0.29, 0.717) is 18.4 Å². The van der Waals surface area contributed by atoms with E-state index in [9.17, 15) is 0 Å². The predicted octanol–water partition coefficient (Wildman–Crippen LogP) is 4.12. The van der Waals surface area contributed by atoms with Crippen LogP contribution >= 0.6 is 0 Å². The first-order chi connectivity index (χ1) is 16.0. The number of hydrogen-bond donors (Lipinski definition) is 3. The third kappa shape index (κ3) is 5.48. The van der Waals surface area contributed by atoms with Crippen molar-refractivity contribution in [3.8, 4) is 28.1 Å². The fourth-order valence-electron chi connectivity index (χ4n) is 3.47. The Hall–Kier alpha value is -3.91. The number of imidazole rings is 1. The van der Waals surface area contributed by atoms with Crippen LogP contribution in [0.15, 0.2) is 67.4 Å². The highest BCUT2D eigenvalue weighted by atomic mass is 16.5. The van der Waals surface area contributed by atoms with E-state index in [2.05, 4.69) is 49.2 Å². The number of pyridine rings is 2. The maximum absolute atomic E-state index is 5.94. The number of aromatic nitrogens is 4. The summed E-state index contributed by atoms with van der Waals surface area (Å²) < 4.78 is 5.94. The molecule has 3 heterocycles. The summed E-state index contributed by atoms with van der Waals surface area (Å²) in [7, 11) is 4.05. The third-order valence-electron chi connectivity index (χ3n) is 5.06. The number of aromatic amines is 1. The van der Waals surface area contributed by atoms with Crippen LogP contribution in [0, 0.1) is 0 Å². The summed E-state index contributed by atoms with van der Waals surface area (Å²) in [6.07, 6.45) is 5.38. The standard InChI is InChI=1S/C25H29N7O/c1-5-27-17(2)29-25-30-23-14-19(18-7-6-9-26-16-18)13-21(24(23)31-25)22-15-20(8-10-28-22)33-12-11-32(3)4/h6-10,13-16,27H,2,5,11-12H2,1,3-4H3,(H2,29,30,31). The molecule has 0 radical (unpaired) electrons. The number of rotatable bonds is 10. The summed E-state index contributed by atoms with van der Waals surface area (Å²) in [5.41, 5.74) is 5.43. The normalized spacial score (nSPS) is 11.0. The van der Waals surface area contributed by atoms with Crippen molar-refractivity contribution in [1.82, 2.24) is 30.2 Å². The van der Waals surface area contributed by atoms with Gasteiger partial charge in [-0.05, 0) is 50.8 Å². The van der Waals surface area contributed by atoms with Crippen LogP contribution in [0.5, 0.6) is 5.75 Å². The van der Waals surface area contributed by atoms with Crippen molar-refractivity contribution < 1.29 is 4.74 Å². The molecule has 0 unspecified atom stereocenters. The second-order valence-corrected chi connectivity index (χ2v) is 7.91. The van der Waals surface area contributed by atoms with Crippen LogP contribution in [0.4, 0.5) is 5.95 Å². The van der Waals surface area contributed by atoms with E-state index in [4.69, 9.17) is 9.72 Å². The largest absolute Gasteiger partial charge is 0.492 e. The van der Waals surface area contributed by atoms with Crippen molar-refractivity contribution in [2.24, 2.45) is 0 Å². The molecule has 8 nitrogen and oxygen atoms in total. The molecule has 33 heavy (non-hydrogen) atoms.